The number of nitrogens with zero attached hydrogens (tertiary/aromatic N) is 2. The predicted molar refractivity (Wildman–Crippen MR) is 173 cm³/mol. The number of halogens is 1. The molecule has 0 N–H and O–H groups in total. The van der Waals surface area contributed by atoms with Crippen LogP contribution in [-0.2, 0) is 32.0 Å². The molecule has 252 valence electrons. The molecular formula is C38H35FN2O8. The number of aromatic nitrogens is 1. The number of fused-ring (bicyclic) bond motifs is 5. The highest BCUT2D eigenvalue weighted by Gasteiger charge is 2.72. The number of rotatable bonds is 5. The van der Waals surface area contributed by atoms with Crippen LogP contribution in [0.4, 0.5) is 9.18 Å². The first kappa shape index (κ1) is 31.1. The van der Waals surface area contributed by atoms with Crippen molar-refractivity contribution in [2.75, 3.05) is 14.1 Å². The minimum Gasteiger partial charge on any atom is -0.470 e. The van der Waals surface area contributed by atoms with E-state index in [9.17, 15) is 18.8 Å². The van der Waals surface area contributed by atoms with Crippen molar-refractivity contribution in [2.45, 2.75) is 64.3 Å². The molecule has 1 saturated heterocycles. The number of carbonyl (C=O) groups is 3. The van der Waals surface area contributed by atoms with Crippen LogP contribution < -0.4 is 4.74 Å². The molecule has 2 aromatic carbocycles. The molecule has 4 aliphatic carbocycles. The molecule has 1 aliphatic heterocycles. The van der Waals surface area contributed by atoms with Gasteiger partial charge in [0.15, 0.2) is 17.3 Å². The lowest BCUT2D eigenvalue weighted by atomic mass is 9.66. The second-order valence-electron chi connectivity index (χ2n) is 14.4. The van der Waals surface area contributed by atoms with E-state index in [2.05, 4.69) is 5.16 Å². The van der Waals surface area contributed by atoms with Gasteiger partial charge in [0.2, 0.25) is 11.4 Å². The van der Waals surface area contributed by atoms with E-state index < -0.39 is 29.0 Å². The minimum absolute atomic E-state index is 0.0680. The first-order valence-electron chi connectivity index (χ1n) is 16.4. The van der Waals surface area contributed by atoms with E-state index in [1.54, 1.807) is 26.8 Å². The molecule has 0 radical (unpaired) electrons. The third-order valence-electron chi connectivity index (χ3n) is 9.82. The molecule has 10 nitrogen and oxygen atoms in total. The van der Waals surface area contributed by atoms with Crippen molar-refractivity contribution >= 4 is 29.2 Å². The van der Waals surface area contributed by atoms with Gasteiger partial charge in [-0.05, 0) is 74.0 Å². The molecule has 3 aromatic rings. The van der Waals surface area contributed by atoms with E-state index in [4.69, 9.17) is 23.5 Å². The Bertz CT molecular complexity index is 2050. The summed E-state index contributed by atoms with van der Waals surface area (Å²) >= 11 is 0. The second kappa shape index (κ2) is 10.9. The monoisotopic (exact) mass is 666 g/mol. The SMILES string of the molecule is CN(C)C1=C2CC(=C(OC(=O)OC(C)(C)C)c3cc(F)ccc31)C(=O)C1=C3O[C@]34C(=O)c3c(OCc5ccccc5)noc3C[C@@H]4CC1C2. The van der Waals surface area contributed by atoms with Gasteiger partial charge in [0.05, 0.1) is 0 Å². The van der Waals surface area contributed by atoms with Crippen molar-refractivity contribution in [1.29, 1.82) is 0 Å². The van der Waals surface area contributed by atoms with Gasteiger partial charge >= 0.3 is 6.16 Å². The zero-order valence-corrected chi connectivity index (χ0v) is 27.8. The maximum atomic E-state index is 14.9. The van der Waals surface area contributed by atoms with Crippen LogP contribution >= 0.6 is 0 Å². The largest absolute Gasteiger partial charge is 0.514 e. The summed E-state index contributed by atoms with van der Waals surface area (Å²) in [5, 5.41) is 4.10. The average molecular weight is 667 g/mol. The van der Waals surface area contributed by atoms with E-state index in [-0.39, 0.29) is 59.0 Å². The number of carbonyl (C=O) groups excluding carboxylic acids is 3. The smallest absolute Gasteiger partial charge is 0.470 e. The number of Topliss-reactive ketones (excluding diaryl/α,β-unsaturated/α-hetero) is 2. The molecule has 1 unspecified atom stereocenters. The first-order valence-corrected chi connectivity index (χ1v) is 16.4. The van der Waals surface area contributed by atoms with Gasteiger partial charge in [0, 0.05) is 60.8 Å². The van der Waals surface area contributed by atoms with E-state index in [0.717, 1.165) is 16.8 Å². The summed E-state index contributed by atoms with van der Waals surface area (Å²) in [5.74, 6) is -1.08. The molecule has 8 rings (SSSR count). The molecule has 2 fully saturated rings. The van der Waals surface area contributed by atoms with Crippen LogP contribution in [0.2, 0.25) is 0 Å². The van der Waals surface area contributed by atoms with Crippen molar-refractivity contribution in [1.82, 2.24) is 10.1 Å². The van der Waals surface area contributed by atoms with Gasteiger partial charge in [-0.15, -0.1) is 0 Å². The second-order valence-corrected chi connectivity index (χ2v) is 14.4. The Balaban J connectivity index is 1.24. The Morgan fingerprint density at radius 1 is 1.08 bits per heavy atom. The van der Waals surface area contributed by atoms with Gasteiger partial charge in [0.25, 0.3) is 5.88 Å². The van der Waals surface area contributed by atoms with Gasteiger partial charge in [0.1, 0.15) is 29.3 Å². The van der Waals surface area contributed by atoms with Crippen LogP contribution in [-0.4, -0.2) is 53.1 Å². The Kier molecular flexibility index (Phi) is 6.93. The fourth-order valence-electron chi connectivity index (χ4n) is 7.89. The molecule has 5 aliphatic rings. The lowest BCUT2D eigenvalue weighted by Gasteiger charge is -2.32. The summed E-state index contributed by atoms with van der Waals surface area (Å²) in [5.41, 5.74) is 2.11. The summed E-state index contributed by atoms with van der Waals surface area (Å²) < 4.78 is 44.1. The predicted octanol–water partition coefficient (Wildman–Crippen LogP) is 6.80. The topological polar surface area (TPSA) is 121 Å². The van der Waals surface area contributed by atoms with Crippen molar-refractivity contribution in [2.24, 2.45) is 11.8 Å². The van der Waals surface area contributed by atoms with E-state index in [1.807, 2.05) is 49.3 Å². The molecule has 3 atom stereocenters. The summed E-state index contributed by atoms with van der Waals surface area (Å²) in [4.78, 5) is 44.2. The van der Waals surface area contributed by atoms with E-state index in [1.165, 1.54) is 12.1 Å². The highest BCUT2D eigenvalue weighted by molar-refractivity contribution is 6.18. The molecule has 1 spiro atoms. The molecule has 1 aromatic heterocycles. The Morgan fingerprint density at radius 3 is 2.59 bits per heavy atom. The third kappa shape index (κ3) is 4.97. The fourth-order valence-corrected chi connectivity index (χ4v) is 7.89. The van der Waals surface area contributed by atoms with E-state index in [0.29, 0.717) is 41.9 Å². The number of allylic oxidation sites excluding steroid dienone is 3. The number of benzene rings is 2. The highest BCUT2D eigenvalue weighted by atomic mass is 19.1. The lowest BCUT2D eigenvalue weighted by Crippen LogP contribution is -2.43. The van der Waals surface area contributed by atoms with Crippen molar-refractivity contribution < 1.29 is 42.2 Å². The van der Waals surface area contributed by atoms with Gasteiger partial charge in [-0.3, -0.25) is 9.59 Å². The van der Waals surface area contributed by atoms with Crippen LogP contribution in [0.1, 0.15) is 72.8 Å². The molecule has 49 heavy (non-hydrogen) atoms. The molecule has 2 heterocycles. The van der Waals surface area contributed by atoms with Crippen LogP contribution in [0.5, 0.6) is 5.88 Å². The summed E-state index contributed by atoms with van der Waals surface area (Å²) in [6.07, 6.45) is 0.493. The van der Waals surface area contributed by atoms with Crippen LogP contribution in [0.3, 0.4) is 0 Å². The van der Waals surface area contributed by atoms with Crippen LogP contribution in [0, 0.1) is 17.7 Å². The van der Waals surface area contributed by atoms with Crippen LogP contribution in [0.25, 0.3) is 11.5 Å². The molecule has 0 amide bonds. The summed E-state index contributed by atoms with van der Waals surface area (Å²) in [6.45, 7) is 5.30. The maximum absolute atomic E-state index is 14.9. The number of epoxide rings is 1. The van der Waals surface area contributed by atoms with Crippen molar-refractivity contribution in [3.63, 3.8) is 0 Å². The molecule has 1 saturated carbocycles. The van der Waals surface area contributed by atoms with Crippen molar-refractivity contribution in [3.8, 4) is 5.88 Å². The van der Waals surface area contributed by atoms with E-state index >= 15 is 0 Å². The van der Waals surface area contributed by atoms with Gasteiger partial charge < -0.3 is 28.4 Å². The quantitative estimate of drug-likeness (QED) is 0.212. The Morgan fingerprint density at radius 2 is 1.86 bits per heavy atom. The molecule has 2 bridgehead atoms. The summed E-state index contributed by atoms with van der Waals surface area (Å²) in [6, 6.07) is 13.8. The third-order valence-corrected chi connectivity index (χ3v) is 9.82. The number of hydrogen-bond donors (Lipinski definition) is 0. The van der Waals surface area contributed by atoms with Crippen molar-refractivity contribution in [3.05, 3.63) is 105 Å². The number of ether oxygens (including phenoxy) is 4. The number of hydrogen-bond acceptors (Lipinski definition) is 10. The average Bonchev–Trinajstić information content (AvgIpc) is 3.71. The molecule has 11 heteroatoms. The number of ketones is 2. The minimum atomic E-state index is -1.34. The maximum Gasteiger partial charge on any atom is 0.514 e. The van der Waals surface area contributed by atoms with Gasteiger partial charge in [-0.1, -0.05) is 30.3 Å². The van der Waals surface area contributed by atoms with Crippen LogP contribution in [0.15, 0.2) is 75.5 Å². The zero-order chi connectivity index (χ0) is 34.4. The lowest BCUT2D eigenvalue weighted by molar-refractivity contribution is -0.112. The Hall–Kier alpha value is -5.19. The summed E-state index contributed by atoms with van der Waals surface area (Å²) in [7, 11) is 3.78. The molecular weight excluding hydrogens is 631 g/mol. The fraction of sp³-hybridized carbons (Fsp3) is 0.368. The first-order chi connectivity index (χ1) is 23.4. The zero-order valence-electron chi connectivity index (χ0n) is 27.8. The normalized spacial score (nSPS) is 23.6. The van der Waals surface area contributed by atoms with Gasteiger partial charge in [-0.2, -0.15) is 0 Å². The van der Waals surface area contributed by atoms with Gasteiger partial charge in [-0.25, -0.2) is 9.18 Å². The standard InChI is InChI=1S/C38H35FN2O8/c1-37(2,3)48-36(44)46-32-25-17-23(39)11-12-24(25)30(41(4)5)21-13-20-14-22-16-27-29(35(40-49-27)45-18-19-9-7-6-8-10-19)33(43)38(22)34(47-38)28(20)31(42)26(32)15-21/h6-12,17,20,22H,13-16,18H2,1-5H3/t20?,22-,38+/m0/s1. The highest BCUT2D eigenvalue weighted by Crippen LogP contribution is 2.63. The Labute approximate surface area is 282 Å².